The van der Waals surface area contributed by atoms with Crippen molar-refractivity contribution in [2.45, 2.75) is 70.1 Å². The maximum atomic E-state index is 14.0. The molecule has 5 aliphatic rings. The van der Waals surface area contributed by atoms with Gasteiger partial charge in [0.1, 0.15) is 11.5 Å². The molecule has 0 saturated carbocycles. The number of nitrogens with zero attached hydrogens (tertiary/aromatic N) is 4. The van der Waals surface area contributed by atoms with Crippen molar-refractivity contribution < 1.29 is 24.2 Å². The number of ketones is 2. The zero-order chi connectivity index (χ0) is 36.3. The van der Waals surface area contributed by atoms with Gasteiger partial charge < -0.3 is 23.7 Å². The number of aliphatic hydroxyl groups excluding tert-OH is 1. The average Bonchev–Trinajstić information content (AvgIpc) is 3.57. The molecular formula is C43H52N4O5. The maximum absolute atomic E-state index is 14.0. The summed E-state index contributed by atoms with van der Waals surface area (Å²) in [5.74, 6) is 1.23. The molecule has 274 valence electrons. The highest BCUT2D eigenvalue weighted by atomic mass is 16.5. The van der Waals surface area contributed by atoms with Crippen molar-refractivity contribution in [3.8, 4) is 5.75 Å². The van der Waals surface area contributed by atoms with Crippen LogP contribution in [0.4, 0.5) is 0 Å². The van der Waals surface area contributed by atoms with Crippen molar-refractivity contribution in [2.24, 2.45) is 43.7 Å². The highest BCUT2D eigenvalue weighted by Crippen LogP contribution is 2.54. The van der Waals surface area contributed by atoms with Crippen LogP contribution in [0.5, 0.6) is 5.75 Å². The van der Waals surface area contributed by atoms with Gasteiger partial charge in [-0.05, 0) is 101 Å². The number of fused-ring (bicyclic) bond motifs is 14. The van der Waals surface area contributed by atoms with Crippen LogP contribution in [-0.2, 0) is 47.7 Å². The fourth-order valence-corrected chi connectivity index (χ4v) is 12.1. The van der Waals surface area contributed by atoms with Gasteiger partial charge in [0, 0.05) is 94.9 Å². The number of hydrogen-bond acceptors (Lipinski definition) is 7. The Labute approximate surface area is 306 Å². The number of carbonyl (C=O) groups excluding carboxylic acids is 2. The smallest absolute Gasteiger partial charge is 0.159 e. The van der Waals surface area contributed by atoms with E-state index in [9.17, 15) is 14.7 Å². The summed E-state index contributed by atoms with van der Waals surface area (Å²) in [6.07, 6.45) is 5.69. The highest BCUT2D eigenvalue weighted by molar-refractivity contribution is 5.94. The molecule has 9 atom stereocenters. The number of ether oxygens (including phenoxy) is 2. The number of rotatable bonds is 7. The molecule has 1 N–H and O–H groups in total. The number of carbonyl (C=O) groups is 2. The molecule has 9 heteroatoms. The number of benzene rings is 2. The minimum atomic E-state index is -0.271. The lowest BCUT2D eigenvalue weighted by atomic mass is 9.64. The lowest BCUT2D eigenvalue weighted by molar-refractivity contribution is -0.126. The second-order valence-electron chi connectivity index (χ2n) is 16.5. The Morgan fingerprint density at radius 3 is 2.33 bits per heavy atom. The first-order valence-electron chi connectivity index (χ1n) is 19.2. The number of aliphatic hydroxyl groups is 1. The van der Waals surface area contributed by atoms with Gasteiger partial charge in [0.05, 0.1) is 32.1 Å². The van der Waals surface area contributed by atoms with Gasteiger partial charge in [-0.2, -0.15) is 0 Å². The van der Waals surface area contributed by atoms with Crippen LogP contribution in [0.1, 0.15) is 66.9 Å². The fourth-order valence-electron chi connectivity index (χ4n) is 12.1. The molecule has 9 unspecified atom stereocenters. The third kappa shape index (κ3) is 4.64. The molecule has 5 aliphatic heterocycles. The Kier molecular flexibility index (Phi) is 8.03. The van der Waals surface area contributed by atoms with Crippen LogP contribution >= 0.6 is 0 Å². The first-order valence-corrected chi connectivity index (χ1v) is 19.2. The number of Topliss-reactive ketones (excluding diaryl/α,β-unsaturated/α-hetero) is 2. The van der Waals surface area contributed by atoms with E-state index in [1.54, 1.807) is 27.2 Å². The molecule has 2 aromatic heterocycles. The lowest BCUT2D eigenvalue weighted by Gasteiger charge is -2.53. The average molecular weight is 705 g/mol. The summed E-state index contributed by atoms with van der Waals surface area (Å²) in [4.78, 5) is 31.8. The maximum Gasteiger partial charge on any atom is 0.159 e. The minimum absolute atomic E-state index is 0.0156. The van der Waals surface area contributed by atoms with Gasteiger partial charge in [-0.1, -0.05) is 18.2 Å². The number of hydrogen-bond donors (Lipinski definition) is 1. The number of allylic oxidation sites excluding steroid dienone is 1. The number of para-hydroxylation sites is 1. The molecule has 2 aromatic carbocycles. The Balaban J connectivity index is 1.14. The van der Waals surface area contributed by atoms with Crippen LogP contribution in [0.3, 0.4) is 0 Å². The van der Waals surface area contributed by atoms with Crippen LogP contribution in [0, 0.1) is 29.6 Å². The Bertz CT molecular complexity index is 2160. The number of aryl methyl sites for hydroxylation is 2. The van der Waals surface area contributed by atoms with Gasteiger partial charge in [-0.3, -0.25) is 19.4 Å². The summed E-state index contributed by atoms with van der Waals surface area (Å²) in [6, 6.07) is 13.6. The summed E-state index contributed by atoms with van der Waals surface area (Å²) in [7, 11) is 10.5. The van der Waals surface area contributed by atoms with Crippen molar-refractivity contribution in [3.63, 3.8) is 0 Å². The zero-order valence-electron chi connectivity index (χ0n) is 31.6. The van der Waals surface area contributed by atoms with Crippen LogP contribution in [0.2, 0.25) is 0 Å². The van der Waals surface area contributed by atoms with Gasteiger partial charge >= 0.3 is 0 Å². The van der Waals surface area contributed by atoms with Crippen molar-refractivity contribution in [3.05, 3.63) is 76.3 Å². The minimum Gasteiger partial charge on any atom is -0.500 e. The second kappa shape index (κ2) is 12.3. The van der Waals surface area contributed by atoms with Crippen molar-refractivity contribution in [1.82, 2.24) is 18.9 Å². The summed E-state index contributed by atoms with van der Waals surface area (Å²) in [5.41, 5.74) is 9.73. The normalized spacial score (nSPS) is 30.3. The lowest BCUT2D eigenvalue weighted by Crippen LogP contribution is -2.56. The van der Waals surface area contributed by atoms with Gasteiger partial charge in [0.15, 0.2) is 5.78 Å². The SMILES string of the molecule is COc1ccc2c(c1CC(C(C)=O)C1CC3c4c(c5ccccc5n4C)CC(C1CO)N3C)c1c(n2C)C2CC3C(C(C)=O)=COCC3C(C1)N2C. The number of piperidine rings is 2. The second-order valence-corrected chi connectivity index (χ2v) is 16.5. The largest absolute Gasteiger partial charge is 0.500 e. The van der Waals surface area contributed by atoms with Crippen LogP contribution in [-0.4, -0.2) is 82.1 Å². The van der Waals surface area contributed by atoms with E-state index in [-0.39, 0.29) is 71.9 Å². The summed E-state index contributed by atoms with van der Waals surface area (Å²) < 4.78 is 16.8. The molecular weight excluding hydrogens is 652 g/mol. The molecule has 9 nitrogen and oxygen atoms in total. The van der Waals surface area contributed by atoms with E-state index < -0.39 is 0 Å². The van der Waals surface area contributed by atoms with E-state index in [1.165, 1.54) is 38.8 Å². The third-order valence-corrected chi connectivity index (χ3v) is 14.6. The van der Waals surface area contributed by atoms with Crippen molar-refractivity contribution in [2.75, 3.05) is 34.4 Å². The number of aromatic nitrogens is 2. The summed E-state index contributed by atoms with van der Waals surface area (Å²) >= 11 is 0. The third-order valence-electron chi connectivity index (χ3n) is 14.6. The first kappa shape index (κ1) is 33.9. The first-order chi connectivity index (χ1) is 25.0. The molecule has 4 bridgehead atoms. The van der Waals surface area contributed by atoms with Crippen LogP contribution in [0.25, 0.3) is 21.8 Å². The monoisotopic (exact) mass is 704 g/mol. The van der Waals surface area contributed by atoms with Gasteiger partial charge in [0.25, 0.3) is 0 Å². The quantitative estimate of drug-likeness (QED) is 0.265. The van der Waals surface area contributed by atoms with Crippen LogP contribution < -0.4 is 4.74 Å². The Morgan fingerprint density at radius 1 is 0.904 bits per heavy atom. The molecule has 0 amide bonds. The summed E-state index contributed by atoms with van der Waals surface area (Å²) in [6.45, 7) is 4.09. The van der Waals surface area contributed by atoms with E-state index in [2.05, 4.69) is 83.5 Å². The molecule has 2 saturated heterocycles. The topological polar surface area (TPSA) is 89.2 Å². The molecule has 0 radical (unpaired) electrons. The molecule has 9 rings (SSSR count). The van der Waals surface area contributed by atoms with E-state index in [1.807, 2.05) is 0 Å². The summed E-state index contributed by atoms with van der Waals surface area (Å²) in [5, 5.41) is 13.7. The van der Waals surface area contributed by atoms with Gasteiger partial charge in [-0.15, -0.1) is 0 Å². The molecule has 2 fully saturated rings. The Hall–Kier alpha value is -3.92. The fraction of sp³-hybridized carbons (Fsp3) is 0.535. The highest BCUT2D eigenvalue weighted by Gasteiger charge is 2.52. The molecule has 7 heterocycles. The number of likely N-dealkylation sites (N-methyl/N-ethyl adjacent to an activating group) is 2. The molecule has 0 spiro atoms. The van der Waals surface area contributed by atoms with E-state index in [4.69, 9.17) is 9.47 Å². The molecule has 4 aromatic rings. The van der Waals surface area contributed by atoms with E-state index in [0.717, 1.165) is 48.1 Å². The predicted molar refractivity (Wildman–Crippen MR) is 201 cm³/mol. The van der Waals surface area contributed by atoms with Crippen LogP contribution in [0.15, 0.2) is 48.2 Å². The van der Waals surface area contributed by atoms with Crippen molar-refractivity contribution >= 4 is 33.4 Å². The van der Waals surface area contributed by atoms with E-state index in [0.29, 0.717) is 13.0 Å². The van der Waals surface area contributed by atoms with Crippen molar-refractivity contribution in [1.29, 1.82) is 0 Å². The van der Waals surface area contributed by atoms with Gasteiger partial charge in [0.2, 0.25) is 0 Å². The molecule has 0 aliphatic carbocycles. The Morgan fingerprint density at radius 2 is 1.60 bits per heavy atom. The zero-order valence-corrected chi connectivity index (χ0v) is 31.6. The molecule has 52 heavy (non-hydrogen) atoms. The standard InChI is InChI=1S/C43H52N4O5/c1-22(49)25(26-15-38-42-28(17-36(44(38)3)31(26)19-48)24-10-8-9-11-34(24)46(42)5)14-29-40(51-7)13-12-35-41(29)30-18-37-33-21-52-20-32(23(2)50)27(33)16-39(45(37)4)43(30)47(35)6/h8-13,20,25-27,31,33,36-39,48H,14-19,21H2,1-7H3. The van der Waals surface area contributed by atoms with Gasteiger partial charge in [-0.25, -0.2) is 0 Å². The van der Waals surface area contributed by atoms with E-state index >= 15 is 0 Å². The predicted octanol–water partition coefficient (Wildman–Crippen LogP) is 5.69. The number of methoxy groups -OCH3 is 1.